The molecule has 2 unspecified atom stereocenters. The molecule has 142 valence electrons. The molecule has 2 atom stereocenters. The van der Waals surface area contributed by atoms with Crippen LogP contribution >= 0.6 is 0 Å². The van der Waals surface area contributed by atoms with Crippen molar-refractivity contribution in [1.82, 2.24) is 0 Å². The van der Waals surface area contributed by atoms with Crippen LogP contribution in [-0.4, -0.2) is 25.9 Å². The van der Waals surface area contributed by atoms with Crippen LogP contribution in [0.1, 0.15) is 49.7 Å². The highest BCUT2D eigenvalue weighted by molar-refractivity contribution is 7.86. The van der Waals surface area contributed by atoms with Gasteiger partial charge in [0, 0.05) is 0 Å². The molecule has 2 aromatic rings. The van der Waals surface area contributed by atoms with Crippen molar-refractivity contribution in [3.05, 3.63) is 59.7 Å². The highest BCUT2D eigenvalue weighted by Crippen LogP contribution is 2.32. The quantitative estimate of drug-likeness (QED) is 0.685. The maximum atomic E-state index is 11.1. The van der Waals surface area contributed by atoms with E-state index in [0.717, 1.165) is 24.0 Å². The van der Waals surface area contributed by atoms with Crippen molar-refractivity contribution in [3.63, 3.8) is 0 Å². The van der Waals surface area contributed by atoms with Gasteiger partial charge in [0.2, 0.25) is 0 Å². The Hall–Kier alpha value is -1.74. The summed E-state index contributed by atoms with van der Waals surface area (Å²) in [5.74, 6) is 0.318. The van der Waals surface area contributed by atoms with Gasteiger partial charge in [-0.1, -0.05) is 38.1 Å². The molecule has 2 rings (SSSR count). The van der Waals surface area contributed by atoms with E-state index in [0.29, 0.717) is 0 Å². The number of hydrogen-bond donors (Lipinski definition) is 2. The van der Waals surface area contributed by atoms with Gasteiger partial charge in [0.25, 0.3) is 20.2 Å². The number of hydrogen-bond acceptors (Lipinski definition) is 4. The average molecular weight is 399 g/mol. The van der Waals surface area contributed by atoms with Crippen molar-refractivity contribution < 1.29 is 25.9 Å². The van der Waals surface area contributed by atoms with E-state index in [1.807, 2.05) is 13.8 Å². The highest BCUT2D eigenvalue weighted by Gasteiger charge is 2.17. The molecule has 0 aliphatic carbocycles. The molecule has 0 spiro atoms. The molecule has 2 aromatic carbocycles. The third-order valence-corrected chi connectivity index (χ3v) is 6.26. The van der Waals surface area contributed by atoms with Gasteiger partial charge in [0.15, 0.2) is 0 Å². The summed E-state index contributed by atoms with van der Waals surface area (Å²) in [5, 5.41) is 0. The lowest BCUT2D eigenvalue weighted by Crippen LogP contribution is -2.05. The summed E-state index contributed by atoms with van der Waals surface area (Å²) in [6, 6.07) is 12.3. The smallest absolute Gasteiger partial charge is 0.282 e. The van der Waals surface area contributed by atoms with Gasteiger partial charge in [-0.05, 0) is 60.1 Å². The third-order valence-electron chi connectivity index (χ3n) is 4.53. The molecule has 0 aromatic heterocycles. The molecule has 0 aliphatic rings. The predicted octanol–water partition coefficient (Wildman–Crippen LogP) is 3.87. The Morgan fingerprint density at radius 2 is 1.15 bits per heavy atom. The Bertz CT molecular complexity index is 946. The zero-order chi connectivity index (χ0) is 19.5. The lowest BCUT2D eigenvalue weighted by atomic mass is 9.85. The molecule has 26 heavy (non-hydrogen) atoms. The first-order valence-electron chi connectivity index (χ1n) is 8.17. The van der Waals surface area contributed by atoms with Crippen molar-refractivity contribution in [2.45, 2.75) is 48.3 Å². The molecule has 0 bridgehead atoms. The fourth-order valence-corrected chi connectivity index (χ4v) is 3.94. The second kappa shape index (κ2) is 7.87. The third kappa shape index (κ3) is 5.14. The van der Waals surface area contributed by atoms with Crippen LogP contribution in [0.25, 0.3) is 0 Å². The monoisotopic (exact) mass is 398 g/mol. The van der Waals surface area contributed by atoms with Crippen LogP contribution in [0.2, 0.25) is 0 Å². The predicted molar refractivity (Wildman–Crippen MR) is 98.6 cm³/mol. The minimum Gasteiger partial charge on any atom is -0.282 e. The van der Waals surface area contributed by atoms with Crippen molar-refractivity contribution >= 4 is 20.2 Å². The van der Waals surface area contributed by atoms with E-state index >= 15 is 0 Å². The maximum absolute atomic E-state index is 11.1. The van der Waals surface area contributed by atoms with Crippen molar-refractivity contribution in [3.8, 4) is 0 Å². The largest absolute Gasteiger partial charge is 0.294 e. The van der Waals surface area contributed by atoms with E-state index in [4.69, 9.17) is 9.11 Å². The van der Waals surface area contributed by atoms with Crippen molar-refractivity contribution in [1.29, 1.82) is 0 Å². The summed E-state index contributed by atoms with van der Waals surface area (Å²) in [5.41, 5.74) is 1.92. The van der Waals surface area contributed by atoms with Gasteiger partial charge >= 0.3 is 0 Å². The van der Waals surface area contributed by atoms with Gasteiger partial charge in [0.1, 0.15) is 0 Å². The van der Waals surface area contributed by atoms with Crippen LogP contribution in [0.4, 0.5) is 0 Å². The molecule has 0 saturated heterocycles. The summed E-state index contributed by atoms with van der Waals surface area (Å²) in [6.07, 6.45) is 1.63. The molecule has 0 amide bonds. The van der Waals surface area contributed by atoms with Crippen LogP contribution in [0.5, 0.6) is 0 Å². The Labute approximate surface area is 154 Å². The molecule has 0 aliphatic heterocycles. The van der Waals surface area contributed by atoms with E-state index < -0.39 is 20.2 Å². The zero-order valence-electron chi connectivity index (χ0n) is 14.5. The standard InChI is InChI=1S/C18H22O6S2/c1-3-14(16-6-10-18(11-7-16)26(22,23)24)12-13(2)15-4-8-17(9-5-15)25(19,20)21/h4-11,13-14H,3,12H2,1-2H3,(H,19,20,21)(H,22,23,24). The summed E-state index contributed by atoms with van der Waals surface area (Å²) in [4.78, 5) is -0.272. The lowest BCUT2D eigenvalue weighted by Gasteiger charge is -2.21. The van der Waals surface area contributed by atoms with Crippen LogP contribution in [0.15, 0.2) is 58.3 Å². The first kappa shape index (κ1) is 20.6. The normalized spacial score (nSPS) is 14.8. The van der Waals surface area contributed by atoms with Gasteiger partial charge in [0.05, 0.1) is 9.79 Å². The van der Waals surface area contributed by atoms with Gasteiger partial charge < -0.3 is 0 Å². The fourth-order valence-electron chi connectivity index (χ4n) is 2.98. The highest BCUT2D eigenvalue weighted by atomic mass is 32.2. The van der Waals surface area contributed by atoms with Crippen molar-refractivity contribution in [2.75, 3.05) is 0 Å². The summed E-state index contributed by atoms with van der Waals surface area (Å²) in [7, 11) is -8.41. The lowest BCUT2D eigenvalue weighted by molar-refractivity contribution is 0.481. The second-order valence-electron chi connectivity index (χ2n) is 6.33. The summed E-state index contributed by atoms with van der Waals surface area (Å²) >= 11 is 0. The molecule has 0 heterocycles. The topological polar surface area (TPSA) is 109 Å². The van der Waals surface area contributed by atoms with Crippen molar-refractivity contribution in [2.24, 2.45) is 0 Å². The molecule has 0 radical (unpaired) electrons. The van der Waals surface area contributed by atoms with E-state index in [1.165, 1.54) is 24.3 Å². The summed E-state index contributed by atoms with van der Waals surface area (Å²) in [6.45, 7) is 4.06. The fraction of sp³-hybridized carbons (Fsp3) is 0.333. The van der Waals surface area contributed by atoms with Crippen LogP contribution in [0.3, 0.4) is 0 Å². The second-order valence-corrected chi connectivity index (χ2v) is 9.17. The molecule has 2 N–H and O–H groups in total. The van der Waals surface area contributed by atoms with Crippen LogP contribution in [0, 0.1) is 0 Å². The first-order chi connectivity index (χ1) is 12.0. The minimum absolute atomic E-state index is 0.134. The van der Waals surface area contributed by atoms with Gasteiger partial charge in [-0.25, -0.2) is 0 Å². The Morgan fingerprint density at radius 1 is 0.769 bits per heavy atom. The molecule has 6 nitrogen and oxygen atoms in total. The van der Waals surface area contributed by atoms with Gasteiger partial charge in [-0.15, -0.1) is 0 Å². The molecular weight excluding hydrogens is 376 g/mol. The number of rotatable bonds is 7. The van der Waals surface area contributed by atoms with Gasteiger partial charge in [-0.2, -0.15) is 16.8 Å². The summed E-state index contributed by atoms with van der Waals surface area (Å²) < 4.78 is 62.6. The first-order valence-corrected chi connectivity index (χ1v) is 11.0. The maximum Gasteiger partial charge on any atom is 0.294 e. The van der Waals surface area contributed by atoms with Crippen LogP contribution < -0.4 is 0 Å². The Balaban J connectivity index is 2.16. The van der Waals surface area contributed by atoms with Gasteiger partial charge in [-0.3, -0.25) is 9.11 Å². The molecule has 0 saturated carbocycles. The zero-order valence-corrected chi connectivity index (χ0v) is 16.2. The minimum atomic E-state index is -4.20. The van der Waals surface area contributed by atoms with E-state index in [9.17, 15) is 16.8 Å². The Morgan fingerprint density at radius 3 is 1.50 bits per heavy atom. The average Bonchev–Trinajstić information content (AvgIpc) is 2.58. The van der Waals surface area contributed by atoms with E-state index in [1.54, 1.807) is 24.3 Å². The Kier molecular flexibility index (Phi) is 6.23. The van der Waals surface area contributed by atoms with Crippen LogP contribution in [-0.2, 0) is 20.2 Å². The van der Waals surface area contributed by atoms with E-state index in [-0.39, 0.29) is 21.6 Å². The number of benzene rings is 2. The SMILES string of the molecule is CCC(CC(C)c1ccc(S(=O)(=O)O)cc1)c1ccc(S(=O)(=O)O)cc1. The molecule has 0 fully saturated rings. The molecule has 8 heteroatoms. The van der Waals surface area contributed by atoms with E-state index in [2.05, 4.69) is 0 Å². The molecular formula is C18H22O6S2.